The summed E-state index contributed by atoms with van der Waals surface area (Å²) >= 11 is 0. The summed E-state index contributed by atoms with van der Waals surface area (Å²) in [4.78, 5) is 4.27. The Morgan fingerprint density at radius 2 is 1.95 bits per heavy atom. The minimum atomic E-state index is 0.298. The molecule has 8 nitrogen and oxygen atoms in total. The predicted molar refractivity (Wildman–Crippen MR) is 78.8 cm³/mol. The second kappa shape index (κ2) is 5.88. The van der Waals surface area contributed by atoms with E-state index in [0.717, 1.165) is 5.69 Å². The molecule has 0 aliphatic rings. The van der Waals surface area contributed by atoms with Gasteiger partial charge in [0.25, 0.3) is 0 Å². The molecule has 3 rings (SSSR count). The summed E-state index contributed by atoms with van der Waals surface area (Å²) in [6.07, 6.45) is 1.50. The molecule has 0 radical (unpaired) electrons. The molecule has 0 saturated carbocycles. The number of anilines is 4. The first-order chi connectivity index (χ1) is 10.7. The second-order valence-corrected chi connectivity index (χ2v) is 4.43. The zero-order chi connectivity index (χ0) is 15.4. The number of rotatable bonds is 4. The van der Waals surface area contributed by atoms with Gasteiger partial charge in [-0.1, -0.05) is 5.16 Å². The van der Waals surface area contributed by atoms with Crippen LogP contribution in [0.2, 0.25) is 0 Å². The van der Waals surface area contributed by atoms with Crippen molar-refractivity contribution in [1.29, 1.82) is 5.26 Å². The fourth-order valence-corrected chi connectivity index (χ4v) is 1.73. The molecule has 0 bridgehead atoms. The Kier molecular flexibility index (Phi) is 3.61. The van der Waals surface area contributed by atoms with E-state index in [1.54, 1.807) is 37.3 Å². The van der Waals surface area contributed by atoms with Crippen LogP contribution in [0, 0.1) is 18.3 Å². The van der Waals surface area contributed by atoms with E-state index in [4.69, 9.17) is 9.78 Å². The van der Waals surface area contributed by atoms with Gasteiger partial charge in [0.1, 0.15) is 5.76 Å². The van der Waals surface area contributed by atoms with Gasteiger partial charge < -0.3 is 15.2 Å². The molecule has 0 amide bonds. The van der Waals surface area contributed by atoms with Crippen molar-refractivity contribution in [3.8, 4) is 6.07 Å². The van der Waals surface area contributed by atoms with E-state index >= 15 is 0 Å². The van der Waals surface area contributed by atoms with Crippen molar-refractivity contribution in [2.75, 3.05) is 10.6 Å². The van der Waals surface area contributed by atoms with E-state index in [0.29, 0.717) is 28.9 Å². The summed E-state index contributed by atoms with van der Waals surface area (Å²) in [6, 6.07) is 10.8. The summed E-state index contributed by atoms with van der Waals surface area (Å²) in [7, 11) is 0. The lowest BCUT2D eigenvalue weighted by atomic mass is 10.2. The van der Waals surface area contributed by atoms with Gasteiger partial charge >= 0.3 is 0 Å². The highest BCUT2D eigenvalue weighted by atomic mass is 16.5. The van der Waals surface area contributed by atoms with Crippen LogP contribution in [0.3, 0.4) is 0 Å². The summed E-state index contributed by atoms with van der Waals surface area (Å²) in [6.45, 7) is 1.79. The van der Waals surface area contributed by atoms with Crippen molar-refractivity contribution in [1.82, 2.24) is 20.3 Å². The summed E-state index contributed by atoms with van der Waals surface area (Å²) in [5.41, 5.74) is 1.39. The van der Waals surface area contributed by atoms with Crippen molar-refractivity contribution in [3.05, 3.63) is 47.9 Å². The van der Waals surface area contributed by atoms with Gasteiger partial charge in [-0.05, 0) is 31.2 Å². The minimum Gasteiger partial charge on any atom is -0.360 e. The first kappa shape index (κ1) is 13.5. The number of aryl methyl sites for hydroxylation is 1. The van der Waals surface area contributed by atoms with Crippen LogP contribution >= 0.6 is 0 Å². The quantitative estimate of drug-likeness (QED) is 0.754. The van der Waals surface area contributed by atoms with Crippen LogP contribution < -0.4 is 10.6 Å². The Hall–Kier alpha value is -3.47. The number of aromatic nitrogens is 4. The summed E-state index contributed by atoms with van der Waals surface area (Å²) in [5, 5.41) is 26.3. The van der Waals surface area contributed by atoms with Gasteiger partial charge in [-0.2, -0.15) is 15.3 Å². The number of hydrogen-bond acceptors (Lipinski definition) is 8. The molecule has 2 N–H and O–H groups in total. The first-order valence-electron chi connectivity index (χ1n) is 6.40. The zero-order valence-electron chi connectivity index (χ0n) is 11.6. The molecule has 0 unspecified atom stereocenters. The maximum atomic E-state index is 8.77. The molecule has 0 aliphatic carbocycles. The molecule has 0 fully saturated rings. The van der Waals surface area contributed by atoms with Crippen LogP contribution in [0.5, 0.6) is 0 Å². The topological polar surface area (TPSA) is 113 Å². The molecule has 2 aromatic heterocycles. The fraction of sp³-hybridized carbons (Fsp3) is 0.0714. The highest BCUT2D eigenvalue weighted by molar-refractivity contribution is 5.58. The molecule has 2 heterocycles. The van der Waals surface area contributed by atoms with E-state index in [9.17, 15) is 0 Å². The molecular formula is C14H11N7O. The molecule has 8 heteroatoms. The number of nitriles is 1. The number of nitrogens with zero attached hydrogens (tertiary/aromatic N) is 5. The van der Waals surface area contributed by atoms with Gasteiger partial charge in [0.05, 0.1) is 17.8 Å². The minimum absolute atomic E-state index is 0.298. The lowest BCUT2D eigenvalue weighted by Gasteiger charge is -2.06. The largest absolute Gasteiger partial charge is 0.360 e. The smallest absolute Gasteiger partial charge is 0.250 e. The normalized spacial score (nSPS) is 10.0. The highest BCUT2D eigenvalue weighted by Gasteiger charge is 2.05. The standard InChI is InChI=1S/C14H11N7O/c1-9-6-12(21-22-9)18-14-19-13(8-16-20-14)17-11-4-2-10(7-15)3-5-11/h2-6,8H,1H3,(H2,17,18,19,20,21). The predicted octanol–water partition coefficient (Wildman–Crippen LogP) is 2.53. The molecular weight excluding hydrogens is 282 g/mol. The molecule has 0 atom stereocenters. The van der Waals surface area contributed by atoms with Crippen molar-refractivity contribution < 1.29 is 4.52 Å². The van der Waals surface area contributed by atoms with Crippen LogP contribution in [0.15, 0.2) is 41.1 Å². The maximum absolute atomic E-state index is 8.77. The molecule has 0 aliphatic heterocycles. The van der Waals surface area contributed by atoms with Crippen LogP contribution in [-0.2, 0) is 0 Å². The lowest BCUT2D eigenvalue weighted by Crippen LogP contribution is -2.02. The summed E-state index contributed by atoms with van der Waals surface area (Å²) < 4.78 is 4.95. The van der Waals surface area contributed by atoms with Gasteiger partial charge in [-0.15, -0.1) is 5.10 Å². The highest BCUT2D eigenvalue weighted by Crippen LogP contribution is 2.17. The molecule has 3 aromatic rings. The van der Waals surface area contributed by atoms with Crippen LogP contribution in [0.25, 0.3) is 0 Å². The number of nitrogens with one attached hydrogen (secondary N) is 2. The van der Waals surface area contributed by atoms with Crippen molar-refractivity contribution in [2.24, 2.45) is 0 Å². The van der Waals surface area contributed by atoms with Crippen molar-refractivity contribution in [3.63, 3.8) is 0 Å². The van der Waals surface area contributed by atoms with Crippen LogP contribution in [0.1, 0.15) is 11.3 Å². The average molecular weight is 293 g/mol. The Balaban J connectivity index is 1.74. The summed E-state index contributed by atoms with van der Waals surface area (Å²) in [5.74, 6) is 2.01. The van der Waals surface area contributed by atoms with Gasteiger partial charge in [-0.25, -0.2) is 0 Å². The fourth-order valence-electron chi connectivity index (χ4n) is 1.73. The van der Waals surface area contributed by atoms with E-state index < -0.39 is 0 Å². The third kappa shape index (κ3) is 3.16. The van der Waals surface area contributed by atoms with E-state index in [2.05, 4.69) is 37.0 Å². The lowest BCUT2D eigenvalue weighted by molar-refractivity contribution is 0.400. The van der Waals surface area contributed by atoms with Crippen molar-refractivity contribution in [2.45, 2.75) is 6.92 Å². The van der Waals surface area contributed by atoms with Crippen LogP contribution in [0.4, 0.5) is 23.3 Å². The molecule has 0 saturated heterocycles. The molecule has 108 valence electrons. The first-order valence-corrected chi connectivity index (χ1v) is 6.40. The maximum Gasteiger partial charge on any atom is 0.250 e. The monoisotopic (exact) mass is 293 g/mol. The Labute approximate surface area is 125 Å². The Morgan fingerprint density at radius 1 is 1.14 bits per heavy atom. The van der Waals surface area contributed by atoms with Gasteiger partial charge in [0.15, 0.2) is 11.6 Å². The van der Waals surface area contributed by atoms with Crippen LogP contribution in [-0.4, -0.2) is 20.3 Å². The Morgan fingerprint density at radius 3 is 2.64 bits per heavy atom. The third-order valence-electron chi connectivity index (χ3n) is 2.71. The third-order valence-corrected chi connectivity index (χ3v) is 2.71. The molecule has 0 spiro atoms. The number of hydrogen-bond donors (Lipinski definition) is 2. The number of benzene rings is 1. The van der Waals surface area contributed by atoms with Gasteiger partial charge in [0, 0.05) is 11.8 Å². The van der Waals surface area contributed by atoms with E-state index in [-0.39, 0.29) is 0 Å². The molecule has 1 aromatic carbocycles. The SMILES string of the molecule is Cc1cc(Nc2nncc(Nc3ccc(C#N)cc3)n2)no1. The van der Waals surface area contributed by atoms with E-state index in [1.807, 2.05) is 0 Å². The average Bonchev–Trinajstić information content (AvgIpc) is 2.93. The Bertz CT molecular complexity index is 820. The second-order valence-electron chi connectivity index (χ2n) is 4.43. The van der Waals surface area contributed by atoms with Gasteiger partial charge in [-0.3, -0.25) is 0 Å². The van der Waals surface area contributed by atoms with E-state index in [1.165, 1.54) is 6.20 Å². The van der Waals surface area contributed by atoms with Crippen molar-refractivity contribution >= 4 is 23.3 Å². The van der Waals surface area contributed by atoms with Gasteiger partial charge in [0.2, 0.25) is 5.95 Å². The molecule has 22 heavy (non-hydrogen) atoms. The zero-order valence-corrected chi connectivity index (χ0v) is 11.6.